The smallest absolute Gasteiger partial charge is 0.220 e. The largest absolute Gasteiger partial charge is 0.266 e. The molecule has 0 aliphatic heterocycles. The predicted octanol–water partition coefficient (Wildman–Crippen LogP) is 4.32. The molecule has 0 fully saturated rings. The Labute approximate surface area is 135 Å². The zero-order chi connectivity index (χ0) is 15.1. The van der Waals surface area contributed by atoms with Crippen molar-refractivity contribution in [3.63, 3.8) is 0 Å². The summed E-state index contributed by atoms with van der Waals surface area (Å²) in [6.45, 7) is 1.75. The summed E-state index contributed by atoms with van der Waals surface area (Å²) in [5.74, 6) is 0. The van der Waals surface area contributed by atoms with Gasteiger partial charge in [-0.05, 0) is 24.6 Å². The van der Waals surface area contributed by atoms with Crippen LogP contribution in [0.1, 0.15) is 12.6 Å². The van der Waals surface area contributed by atoms with Crippen molar-refractivity contribution in [3.8, 4) is 5.69 Å². The van der Waals surface area contributed by atoms with E-state index in [1.807, 2.05) is 0 Å². The number of hydrogen-bond acceptors (Lipinski definition) is 3. The Balaban J connectivity index is 2.70. The topological polar surface area (TPSA) is 52.0 Å². The number of benzene rings is 1. The van der Waals surface area contributed by atoms with Gasteiger partial charge in [0, 0.05) is 10.7 Å². The molecule has 108 valence electrons. The molecule has 0 amide bonds. The Kier molecular flexibility index (Phi) is 4.56. The zero-order valence-electron chi connectivity index (χ0n) is 10.1. The van der Waals surface area contributed by atoms with Crippen LogP contribution in [-0.2, 0) is 15.5 Å². The molecular weight excluding hydrogens is 366 g/mol. The summed E-state index contributed by atoms with van der Waals surface area (Å²) in [4.78, 5) is -0.186. The van der Waals surface area contributed by atoms with Gasteiger partial charge in [-0.25, -0.2) is 13.1 Å². The Morgan fingerprint density at radius 3 is 2.30 bits per heavy atom. The van der Waals surface area contributed by atoms with E-state index < -0.39 is 9.05 Å². The fraction of sp³-hybridized carbons (Fsp3) is 0.182. The van der Waals surface area contributed by atoms with Gasteiger partial charge in [-0.1, -0.05) is 41.7 Å². The Morgan fingerprint density at radius 2 is 1.85 bits per heavy atom. The average Bonchev–Trinajstić information content (AvgIpc) is 2.69. The van der Waals surface area contributed by atoms with Crippen molar-refractivity contribution in [2.24, 2.45) is 0 Å². The molecule has 0 atom stereocenters. The summed E-state index contributed by atoms with van der Waals surface area (Å²) in [5, 5.41) is 4.75. The second-order valence-electron chi connectivity index (χ2n) is 3.87. The molecule has 9 heteroatoms. The first-order chi connectivity index (χ1) is 9.25. The third kappa shape index (κ3) is 2.92. The van der Waals surface area contributed by atoms with Crippen LogP contribution in [0, 0.1) is 0 Å². The third-order valence-corrected chi connectivity index (χ3v) is 5.16. The number of aryl methyl sites for hydroxylation is 1. The quantitative estimate of drug-likeness (QED) is 0.752. The first-order valence-electron chi connectivity index (χ1n) is 5.43. The van der Waals surface area contributed by atoms with Crippen molar-refractivity contribution in [1.82, 2.24) is 9.78 Å². The standard InChI is InChI=1S/C11H8Cl4N2O2S/c1-2-9-10(20(15,18)19)11(14)17(16-9)6-3-4-7(12)8(13)5-6/h3-5H,2H2,1H3. The van der Waals surface area contributed by atoms with Crippen molar-refractivity contribution in [2.45, 2.75) is 18.2 Å². The highest BCUT2D eigenvalue weighted by Gasteiger charge is 2.26. The summed E-state index contributed by atoms with van der Waals surface area (Å²) < 4.78 is 24.4. The lowest BCUT2D eigenvalue weighted by atomic mass is 10.3. The second-order valence-corrected chi connectivity index (χ2v) is 7.54. The van der Waals surface area contributed by atoms with Crippen molar-refractivity contribution in [3.05, 3.63) is 39.1 Å². The SMILES string of the molecule is CCc1nn(-c2ccc(Cl)c(Cl)c2)c(Cl)c1S(=O)(=O)Cl. The lowest BCUT2D eigenvalue weighted by Crippen LogP contribution is -1.97. The first kappa shape index (κ1) is 15.9. The van der Waals surface area contributed by atoms with E-state index in [0.29, 0.717) is 22.2 Å². The van der Waals surface area contributed by atoms with Crippen LogP contribution in [0.4, 0.5) is 0 Å². The van der Waals surface area contributed by atoms with E-state index in [4.69, 9.17) is 45.5 Å². The number of hydrogen-bond donors (Lipinski definition) is 0. The Morgan fingerprint density at radius 1 is 1.20 bits per heavy atom. The molecule has 0 N–H and O–H groups in total. The van der Waals surface area contributed by atoms with Crippen LogP contribution in [0.2, 0.25) is 15.2 Å². The molecule has 1 aromatic carbocycles. The van der Waals surface area contributed by atoms with Crippen LogP contribution in [0.3, 0.4) is 0 Å². The van der Waals surface area contributed by atoms with E-state index >= 15 is 0 Å². The summed E-state index contributed by atoms with van der Waals surface area (Å²) in [5.41, 5.74) is 0.779. The highest BCUT2D eigenvalue weighted by atomic mass is 35.7. The van der Waals surface area contributed by atoms with E-state index in [0.717, 1.165) is 0 Å². The van der Waals surface area contributed by atoms with E-state index in [2.05, 4.69) is 5.10 Å². The van der Waals surface area contributed by atoms with Crippen LogP contribution in [0.25, 0.3) is 5.69 Å². The molecule has 0 saturated carbocycles. The Bertz CT molecular complexity index is 771. The van der Waals surface area contributed by atoms with Gasteiger partial charge in [0.2, 0.25) is 0 Å². The van der Waals surface area contributed by atoms with Gasteiger partial charge in [-0.15, -0.1) is 0 Å². The number of nitrogens with zero attached hydrogens (tertiary/aromatic N) is 2. The molecular formula is C11H8Cl4N2O2S. The van der Waals surface area contributed by atoms with E-state index in [-0.39, 0.29) is 15.7 Å². The molecule has 0 aliphatic rings. The van der Waals surface area contributed by atoms with Gasteiger partial charge in [-0.3, -0.25) is 0 Å². The summed E-state index contributed by atoms with van der Waals surface area (Å²) in [6.07, 6.45) is 0.370. The van der Waals surface area contributed by atoms with Crippen molar-refractivity contribution in [1.29, 1.82) is 0 Å². The van der Waals surface area contributed by atoms with Crippen LogP contribution in [-0.4, -0.2) is 18.2 Å². The first-order valence-corrected chi connectivity index (χ1v) is 8.87. The molecule has 0 unspecified atom stereocenters. The highest BCUT2D eigenvalue weighted by Crippen LogP contribution is 2.32. The van der Waals surface area contributed by atoms with Crippen LogP contribution in [0.15, 0.2) is 23.1 Å². The van der Waals surface area contributed by atoms with Gasteiger partial charge in [0.1, 0.15) is 4.90 Å². The molecule has 4 nitrogen and oxygen atoms in total. The maximum atomic E-state index is 11.6. The van der Waals surface area contributed by atoms with E-state index in [1.54, 1.807) is 19.1 Å². The van der Waals surface area contributed by atoms with E-state index in [1.165, 1.54) is 10.7 Å². The maximum absolute atomic E-state index is 11.6. The molecule has 20 heavy (non-hydrogen) atoms. The summed E-state index contributed by atoms with van der Waals surface area (Å²) in [7, 11) is 1.41. The fourth-order valence-electron chi connectivity index (χ4n) is 1.69. The van der Waals surface area contributed by atoms with Crippen LogP contribution >= 0.6 is 45.5 Å². The highest BCUT2D eigenvalue weighted by molar-refractivity contribution is 8.13. The number of rotatable bonds is 3. The molecule has 2 aromatic rings. The Hall–Kier alpha value is -0.460. The van der Waals surface area contributed by atoms with Crippen molar-refractivity contribution >= 4 is 54.5 Å². The van der Waals surface area contributed by atoms with Crippen LogP contribution in [0.5, 0.6) is 0 Å². The lowest BCUT2D eigenvalue weighted by Gasteiger charge is -2.04. The van der Waals surface area contributed by atoms with Gasteiger partial charge in [0.05, 0.1) is 21.4 Å². The number of halogens is 4. The van der Waals surface area contributed by atoms with Gasteiger partial charge in [-0.2, -0.15) is 5.10 Å². The van der Waals surface area contributed by atoms with Gasteiger partial charge >= 0.3 is 0 Å². The molecule has 0 radical (unpaired) electrons. The van der Waals surface area contributed by atoms with Crippen LogP contribution < -0.4 is 0 Å². The van der Waals surface area contributed by atoms with E-state index in [9.17, 15) is 8.42 Å². The third-order valence-electron chi connectivity index (χ3n) is 2.58. The van der Waals surface area contributed by atoms with Crippen molar-refractivity contribution in [2.75, 3.05) is 0 Å². The maximum Gasteiger partial charge on any atom is 0.266 e. The molecule has 0 spiro atoms. The molecule has 1 heterocycles. The molecule has 1 aromatic heterocycles. The predicted molar refractivity (Wildman–Crippen MR) is 81.0 cm³/mol. The normalized spacial score (nSPS) is 11.8. The monoisotopic (exact) mass is 372 g/mol. The fourth-order valence-corrected chi connectivity index (χ4v) is 3.89. The summed E-state index contributed by atoms with van der Waals surface area (Å²) >= 11 is 17.8. The minimum atomic E-state index is -3.98. The molecule has 0 bridgehead atoms. The lowest BCUT2D eigenvalue weighted by molar-refractivity contribution is 0.608. The molecule has 0 saturated heterocycles. The molecule has 0 aliphatic carbocycles. The summed E-state index contributed by atoms with van der Waals surface area (Å²) in [6, 6.07) is 4.72. The van der Waals surface area contributed by atoms with Gasteiger partial charge in [0.15, 0.2) is 5.15 Å². The second kappa shape index (κ2) is 5.73. The van der Waals surface area contributed by atoms with Crippen molar-refractivity contribution < 1.29 is 8.42 Å². The minimum absolute atomic E-state index is 0.0877. The van der Waals surface area contributed by atoms with Gasteiger partial charge < -0.3 is 0 Å². The number of aromatic nitrogens is 2. The minimum Gasteiger partial charge on any atom is -0.220 e. The zero-order valence-corrected chi connectivity index (χ0v) is 13.9. The van der Waals surface area contributed by atoms with Gasteiger partial charge in [0.25, 0.3) is 9.05 Å². The molecule has 2 rings (SSSR count). The average molecular weight is 374 g/mol.